The summed E-state index contributed by atoms with van der Waals surface area (Å²) in [4.78, 5) is 23.6. The van der Waals surface area contributed by atoms with Gasteiger partial charge in [0, 0.05) is 43.7 Å². The summed E-state index contributed by atoms with van der Waals surface area (Å²) in [5.41, 5.74) is 6.40. The first kappa shape index (κ1) is 25.1. The number of benzene rings is 3. The number of pyridine rings is 1. The Hall–Kier alpha value is -3.54. The maximum absolute atomic E-state index is 13.6. The summed E-state index contributed by atoms with van der Waals surface area (Å²) in [6, 6.07) is 28.9. The van der Waals surface area contributed by atoms with E-state index in [4.69, 9.17) is 4.98 Å². The summed E-state index contributed by atoms with van der Waals surface area (Å²) in [6.07, 6.45) is 1.17. The van der Waals surface area contributed by atoms with Gasteiger partial charge in [-0.15, -0.1) is 0 Å². The smallest absolute Gasteiger partial charge is 0.224 e. The number of fused-ring (bicyclic) bond motifs is 1. The quantitative estimate of drug-likeness (QED) is 0.355. The summed E-state index contributed by atoms with van der Waals surface area (Å²) in [5.74, 6) is 0.0469. The van der Waals surface area contributed by atoms with Crippen LogP contribution in [0.25, 0.3) is 22.2 Å². The molecular formula is C32H36N4O. The number of nitrogens with zero attached hydrogens (tertiary/aromatic N) is 3. The van der Waals surface area contributed by atoms with E-state index in [1.807, 2.05) is 36.4 Å². The molecule has 0 spiro atoms. The van der Waals surface area contributed by atoms with Gasteiger partial charge in [0.15, 0.2) is 0 Å². The molecule has 1 N–H and O–H groups in total. The number of carbonyl (C=O) groups excluding carboxylic acids is 1. The van der Waals surface area contributed by atoms with Crippen LogP contribution in [0, 0.1) is 0 Å². The molecule has 1 atom stereocenters. The van der Waals surface area contributed by atoms with Crippen LogP contribution >= 0.6 is 0 Å². The van der Waals surface area contributed by atoms with Gasteiger partial charge in [0.05, 0.1) is 23.7 Å². The molecule has 2 heterocycles. The fourth-order valence-corrected chi connectivity index (χ4v) is 5.27. The molecule has 5 nitrogen and oxygen atoms in total. The van der Waals surface area contributed by atoms with Crippen LogP contribution in [0.4, 0.5) is 0 Å². The molecule has 1 aliphatic rings. The highest BCUT2D eigenvalue weighted by molar-refractivity contribution is 5.92. The summed E-state index contributed by atoms with van der Waals surface area (Å²) < 4.78 is 0. The Labute approximate surface area is 220 Å². The molecule has 0 aliphatic carbocycles. The molecule has 1 saturated heterocycles. The fraction of sp³-hybridized carbons (Fsp3) is 0.312. The number of amides is 1. The predicted molar refractivity (Wildman–Crippen MR) is 151 cm³/mol. The molecule has 1 aliphatic heterocycles. The van der Waals surface area contributed by atoms with Crippen molar-refractivity contribution in [3.8, 4) is 11.3 Å². The Morgan fingerprint density at radius 2 is 1.51 bits per heavy atom. The van der Waals surface area contributed by atoms with Gasteiger partial charge in [-0.3, -0.25) is 9.69 Å². The van der Waals surface area contributed by atoms with Crippen LogP contribution in [0.5, 0.6) is 0 Å². The van der Waals surface area contributed by atoms with Crippen LogP contribution in [-0.4, -0.2) is 53.9 Å². The van der Waals surface area contributed by atoms with E-state index in [1.54, 1.807) is 0 Å². The van der Waals surface area contributed by atoms with Crippen molar-refractivity contribution in [1.82, 2.24) is 20.1 Å². The second kappa shape index (κ2) is 11.7. The summed E-state index contributed by atoms with van der Waals surface area (Å²) in [5, 5.41) is 4.38. The maximum Gasteiger partial charge on any atom is 0.224 e. The zero-order valence-electron chi connectivity index (χ0n) is 21.9. The number of piperazine rings is 1. The highest BCUT2D eigenvalue weighted by Crippen LogP contribution is 2.32. The Kier molecular flexibility index (Phi) is 7.93. The standard InChI is InChI=1S/C32H36N4O/c1-3-29(24-12-6-4-7-13-24)33-31(37)22-27-26-16-10-11-17-30(26)34-32(25-14-8-5-9-15-25)28(27)23-36-20-18-35(2)19-21-36/h4-17,29H,3,18-23H2,1-2H3,(H,33,37)/t29-/m0/s1. The minimum absolute atomic E-state index is 0.00326. The van der Waals surface area contributed by atoms with E-state index in [0.29, 0.717) is 6.42 Å². The van der Waals surface area contributed by atoms with Gasteiger partial charge >= 0.3 is 0 Å². The number of nitrogens with one attached hydrogen (secondary N) is 1. The molecule has 0 saturated carbocycles. The molecule has 5 heteroatoms. The van der Waals surface area contributed by atoms with Crippen LogP contribution in [0.2, 0.25) is 0 Å². The molecular weight excluding hydrogens is 456 g/mol. The molecule has 190 valence electrons. The highest BCUT2D eigenvalue weighted by Gasteiger charge is 2.23. The van der Waals surface area contributed by atoms with Crippen molar-refractivity contribution in [2.75, 3.05) is 33.2 Å². The Bertz CT molecular complexity index is 1330. The van der Waals surface area contributed by atoms with Crippen LogP contribution in [0.1, 0.15) is 36.1 Å². The zero-order valence-corrected chi connectivity index (χ0v) is 21.9. The Morgan fingerprint density at radius 1 is 0.865 bits per heavy atom. The minimum Gasteiger partial charge on any atom is -0.349 e. The van der Waals surface area contributed by atoms with E-state index in [0.717, 1.165) is 78.0 Å². The number of aromatic nitrogens is 1. The van der Waals surface area contributed by atoms with Gasteiger partial charge in [-0.25, -0.2) is 4.98 Å². The van der Waals surface area contributed by atoms with E-state index >= 15 is 0 Å². The van der Waals surface area contributed by atoms with Crippen LogP contribution in [0.15, 0.2) is 84.9 Å². The normalized spacial score (nSPS) is 15.5. The number of hydrogen-bond donors (Lipinski definition) is 1. The van der Waals surface area contributed by atoms with Gasteiger partial charge in [0.1, 0.15) is 0 Å². The lowest BCUT2D eigenvalue weighted by atomic mass is 9.93. The third-order valence-electron chi connectivity index (χ3n) is 7.42. The molecule has 3 aromatic carbocycles. The van der Waals surface area contributed by atoms with Crippen molar-refractivity contribution >= 4 is 16.8 Å². The molecule has 37 heavy (non-hydrogen) atoms. The van der Waals surface area contributed by atoms with Gasteiger partial charge < -0.3 is 10.2 Å². The van der Waals surface area contributed by atoms with E-state index in [2.05, 4.69) is 77.6 Å². The third kappa shape index (κ3) is 5.90. The van der Waals surface area contributed by atoms with Crippen molar-refractivity contribution in [2.45, 2.75) is 32.4 Å². The van der Waals surface area contributed by atoms with Crippen LogP contribution < -0.4 is 5.32 Å². The molecule has 5 rings (SSSR count). The van der Waals surface area contributed by atoms with E-state index in [9.17, 15) is 4.79 Å². The second-order valence-corrected chi connectivity index (χ2v) is 10.00. The Balaban J connectivity index is 1.55. The lowest BCUT2D eigenvalue weighted by Crippen LogP contribution is -2.44. The number of para-hydroxylation sites is 1. The summed E-state index contributed by atoms with van der Waals surface area (Å²) in [7, 11) is 2.18. The van der Waals surface area contributed by atoms with Gasteiger partial charge in [-0.1, -0.05) is 85.8 Å². The second-order valence-electron chi connectivity index (χ2n) is 10.00. The van der Waals surface area contributed by atoms with Gasteiger partial charge in [0.25, 0.3) is 0 Å². The molecule has 1 amide bonds. The summed E-state index contributed by atoms with van der Waals surface area (Å²) >= 11 is 0. The summed E-state index contributed by atoms with van der Waals surface area (Å²) in [6.45, 7) is 7.02. The SMILES string of the molecule is CC[C@H](NC(=O)Cc1c(CN2CCN(C)CC2)c(-c2ccccc2)nc2ccccc12)c1ccccc1. The molecule has 0 radical (unpaired) electrons. The Morgan fingerprint density at radius 3 is 2.22 bits per heavy atom. The predicted octanol–water partition coefficient (Wildman–Crippen LogP) is 5.46. The number of carbonyl (C=O) groups is 1. The van der Waals surface area contributed by atoms with E-state index < -0.39 is 0 Å². The lowest BCUT2D eigenvalue weighted by molar-refractivity contribution is -0.121. The number of rotatable bonds is 8. The molecule has 0 unspecified atom stereocenters. The maximum atomic E-state index is 13.6. The number of likely N-dealkylation sites (N-methyl/N-ethyl adjacent to an activating group) is 1. The highest BCUT2D eigenvalue weighted by atomic mass is 16.1. The third-order valence-corrected chi connectivity index (χ3v) is 7.42. The van der Waals surface area contributed by atoms with Crippen molar-refractivity contribution in [3.63, 3.8) is 0 Å². The first-order valence-electron chi connectivity index (χ1n) is 13.3. The van der Waals surface area contributed by atoms with E-state index in [-0.39, 0.29) is 11.9 Å². The van der Waals surface area contributed by atoms with Gasteiger partial charge in [-0.05, 0) is 36.2 Å². The number of hydrogen-bond acceptors (Lipinski definition) is 4. The van der Waals surface area contributed by atoms with Gasteiger partial charge in [0.2, 0.25) is 5.91 Å². The minimum atomic E-state index is -0.00326. The van der Waals surface area contributed by atoms with Crippen molar-refractivity contribution in [1.29, 1.82) is 0 Å². The van der Waals surface area contributed by atoms with E-state index in [1.165, 1.54) is 0 Å². The first-order chi connectivity index (χ1) is 18.1. The first-order valence-corrected chi connectivity index (χ1v) is 13.3. The van der Waals surface area contributed by atoms with Crippen molar-refractivity contribution in [2.24, 2.45) is 0 Å². The van der Waals surface area contributed by atoms with Crippen LogP contribution in [-0.2, 0) is 17.8 Å². The molecule has 1 aromatic heterocycles. The van der Waals surface area contributed by atoms with Crippen molar-refractivity contribution in [3.05, 3.63) is 102 Å². The van der Waals surface area contributed by atoms with Gasteiger partial charge in [-0.2, -0.15) is 0 Å². The van der Waals surface area contributed by atoms with Crippen molar-refractivity contribution < 1.29 is 4.79 Å². The fourth-order valence-electron chi connectivity index (χ4n) is 5.27. The average molecular weight is 493 g/mol. The zero-order chi connectivity index (χ0) is 25.6. The molecule has 0 bridgehead atoms. The lowest BCUT2D eigenvalue weighted by Gasteiger charge is -2.33. The molecule has 1 fully saturated rings. The monoisotopic (exact) mass is 492 g/mol. The molecule has 4 aromatic rings. The average Bonchev–Trinajstić information content (AvgIpc) is 2.95. The van der Waals surface area contributed by atoms with Crippen LogP contribution in [0.3, 0.4) is 0 Å². The largest absolute Gasteiger partial charge is 0.349 e. The topological polar surface area (TPSA) is 48.5 Å².